The number of likely N-dealkylation sites (tertiary alicyclic amines) is 1. The van der Waals surface area contributed by atoms with E-state index >= 15 is 0 Å². The average molecular weight is 546 g/mol. The molecule has 0 aliphatic carbocycles. The number of thiophene rings is 1. The van der Waals surface area contributed by atoms with Crippen molar-refractivity contribution in [2.75, 3.05) is 50.8 Å². The Labute approximate surface area is 223 Å². The molecule has 1 aromatic heterocycles. The second-order valence-electron chi connectivity index (χ2n) is 9.95. The first kappa shape index (κ1) is 24.7. The minimum Gasteiger partial charge on any atom is -0.486 e. The summed E-state index contributed by atoms with van der Waals surface area (Å²) < 4.78 is 27.5. The maximum absolute atomic E-state index is 14.7. The zero-order valence-corrected chi connectivity index (χ0v) is 21.9. The number of nitrogens with one attached hydrogen (secondary N) is 1. The van der Waals surface area contributed by atoms with Crippen molar-refractivity contribution in [2.24, 2.45) is 5.92 Å². The van der Waals surface area contributed by atoms with E-state index in [1.807, 2.05) is 6.07 Å². The van der Waals surface area contributed by atoms with Gasteiger partial charge in [-0.05, 0) is 67.2 Å². The molecular weight excluding hydrogens is 517 g/mol. The van der Waals surface area contributed by atoms with Gasteiger partial charge >= 0.3 is 0 Å². The maximum Gasteiger partial charge on any atom is 0.225 e. The van der Waals surface area contributed by atoms with Gasteiger partial charge in [0.2, 0.25) is 5.91 Å². The first-order valence-electron chi connectivity index (χ1n) is 12.7. The summed E-state index contributed by atoms with van der Waals surface area (Å²) in [6.45, 7) is 4.31. The van der Waals surface area contributed by atoms with E-state index in [4.69, 9.17) is 21.1 Å². The van der Waals surface area contributed by atoms with Gasteiger partial charge in [0.1, 0.15) is 19.3 Å². The first-order valence-corrected chi connectivity index (χ1v) is 13.9. The summed E-state index contributed by atoms with van der Waals surface area (Å²) in [7, 11) is 0. The van der Waals surface area contributed by atoms with Gasteiger partial charge in [-0.1, -0.05) is 17.7 Å². The van der Waals surface area contributed by atoms with Crippen LogP contribution in [0.15, 0.2) is 36.4 Å². The van der Waals surface area contributed by atoms with Gasteiger partial charge < -0.3 is 29.7 Å². The predicted octanol–water partition coefficient (Wildman–Crippen LogP) is 4.22. The number of nitrogens with zero attached hydrogens (tertiary/aromatic N) is 2. The lowest BCUT2D eigenvalue weighted by molar-refractivity contribution is -0.126. The van der Waals surface area contributed by atoms with Gasteiger partial charge in [-0.3, -0.25) is 4.79 Å². The van der Waals surface area contributed by atoms with Crippen LogP contribution in [0, 0.1) is 11.7 Å². The summed E-state index contributed by atoms with van der Waals surface area (Å²) >= 11 is 7.71. The maximum atomic E-state index is 14.7. The fourth-order valence-corrected chi connectivity index (χ4v) is 6.48. The number of anilines is 1. The molecule has 3 aromatic rings. The second kappa shape index (κ2) is 10.3. The number of hydrogen-bond donors (Lipinski definition) is 2. The molecule has 0 spiro atoms. The molecule has 0 bridgehead atoms. The number of ether oxygens (including phenoxy) is 2. The van der Waals surface area contributed by atoms with E-state index in [1.54, 1.807) is 17.4 Å². The Morgan fingerprint density at radius 1 is 1.19 bits per heavy atom. The highest BCUT2D eigenvalue weighted by Crippen LogP contribution is 2.37. The molecular formula is C27H29ClFN3O4S. The Kier molecular flexibility index (Phi) is 6.88. The van der Waals surface area contributed by atoms with Crippen LogP contribution in [0.4, 0.5) is 10.1 Å². The largest absolute Gasteiger partial charge is 0.486 e. The van der Waals surface area contributed by atoms with E-state index < -0.39 is 18.0 Å². The molecule has 2 aromatic carbocycles. The van der Waals surface area contributed by atoms with Gasteiger partial charge in [0.25, 0.3) is 0 Å². The van der Waals surface area contributed by atoms with Gasteiger partial charge in [0.05, 0.1) is 16.3 Å². The molecule has 4 heterocycles. The molecule has 0 radical (unpaired) electrons. The van der Waals surface area contributed by atoms with E-state index in [2.05, 4.69) is 33.3 Å². The summed E-state index contributed by atoms with van der Waals surface area (Å²) in [6.07, 6.45) is 0.728. The van der Waals surface area contributed by atoms with Gasteiger partial charge in [-0.25, -0.2) is 4.39 Å². The second-order valence-corrected chi connectivity index (χ2v) is 11.7. The molecule has 10 heteroatoms. The zero-order chi connectivity index (χ0) is 25.5. The number of hydrogen-bond acceptors (Lipinski definition) is 7. The van der Waals surface area contributed by atoms with Gasteiger partial charge in [0.15, 0.2) is 17.3 Å². The van der Waals surface area contributed by atoms with Crippen LogP contribution in [0.3, 0.4) is 0 Å². The van der Waals surface area contributed by atoms with E-state index in [0.29, 0.717) is 25.3 Å². The molecule has 37 heavy (non-hydrogen) atoms. The number of aliphatic hydroxyl groups excluding tert-OH is 1. The van der Waals surface area contributed by atoms with E-state index in [1.165, 1.54) is 6.07 Å². The van der Waals surface area contributed by atoms with Crippen molar-refractivity contribution in [1.82, 2.24) is 10.2 Å². The van der Waals surface area contributed by atoms with Crippen LogP contribution >= 0.6 is 22.9 Å². The van der Waals surface area contributed by atoms with Crippen LogP contribution in [0.2, 0.25) is 4.34 Å². The fourth-order valence-electron chi connectivity index (χ4n) is 5.29. The van der Waals surface area contributed by atoms with E-state index in [-0.39, 0.29) is 29.9 Å². The lowest BCUT2D eigenvalue weighted by Gasteiger charge is -2.36. The highest BCUT2D eigenvalue weighted by Gasteiger charge is 2.34. The SMILES string of the molecule is O=C(N[C@H](CN1CCC1)[C@H](O)c1cc(F)c2c(c1)OCCO2)[C@@H]1CCN(c2ccc3cc(Cl)sc3c2)C1. The minimum atomic E-state index is -1.08. The van der Waals surface area contributed by atoms with Crippen molar-refractivity contribution in [3.8, 4) is 11.5 Å². The highest BCUT2D eigenvalue weighted by molar-refractivity contribution is 7.22. The molecule has 3 atom stereocenters. The number of rotatable bonds is 7. The van der Waals surface area contributed by atoms with E-state index in [0.717, 1.165) is 52.6 Å². The van der Waals surface area contributed by atoms with Gasteiger partial charge in [-0.2, -0.15) is 0 Å². The van der Waals surface area contributed by atoms with Crippen LogP contribution < -0.4 is 19.7 Å². The smallest absolute Gasteiger partial charge is 0.225 e. The fraction of sp³-hybridized carbons (Fsp3) is 0.444. The van der Waals surface area contributed by atoms with Crippen LogP contribution in [0.5, 0.6) is 11.5 Å². The predicted molar refractivity (Wildman–Crippen MR) is 142 cm³/mol. The van der Waals surface area contributed by atoms with Crippen molar-refractivity contribution < 1.29 is 23.8 Å². The van der Waals surface area contributed by atoms with Crippen molar-refractivity contribution in [3.63, 3.8) is 0 Å². The molecule has 2 fully saturated rings. The molecule has 3 aliphatic rings. The molecule has 0 saturated carbocycles. The quantitative estimate of drug-likeness (QED) is 0.463. The summed E-state index contributed by atoms with van der Waals surface area (Å²) in [6, 6.07) is 10.5. The average Bonchev–Trinajstić information content (AvgIpc) is 3.50. The molecule has 6 rings (SSSR count). The van der Waals surface area contributed by atoms with Crippen LogP contribution in [0.25, 0.3) is 10.1 Å². The third kappa shape index (κ3) is 5.10. The Hall–Kier alpha value is -2.59. The standard InChI is InChI=1S/C27H29ClFN3O4S/c28-24-12-16-2-3-19(13-23(16)37-24)32-7-4-17(14-32)27(34)30-21(15-31-5-1-6-31)25(33)18-10-20(29)26-22(11-18)35-8-9-36-26/h2-3,10-13,17,21,25,33H,1,4-9,14-15H2,(H,30,34)/t17-,21-,25-/m1/s1. The third-order valence-corrected chi connectivity index (χ3v) is 8.70. The van der Waals surface area contributed by atoms with Crippen LogP contribution in [-0.2, 0) is 4.79 Å². The molecule has 2 N–H and O–H groups in total. The Morgan fingerprint density at radius 2 is 2.03 bits per heavy atom. The van der Waals surface area contributed by atoms with Crippen LogP contribution in [-0.4, -0.2) is 67.9 Å². The number of benzene rings is 2. The topological polar surface area (TPSA) is 74.3 Å². The molecule has 3 aliphatic heterocycles. The summed E-state index contributed by atoms with van der Waals surface area (Å²) in [5, 5.41) is 15.5. The van der Waals surface area contributed by atoms with Crippen molar-refractivity contribution >= 4 is 44.6 Å². The van der Waals surface area contributed by atoms with Crippen molar-refractivity contribution in [2.45, 2.75) is 25.0 Å². The highest BCUT2D eigenvalue weighted by atomic mass is 35.5. The Morgan fingerprint density at radius 3 is 2.84 bits per heavy atom. The molecule has 1 amide bonds. The van der Waals surface area contributed by atoms with Crippen molar-refractivity contribution in [1.29, 1.82) is 0 Å². The summed E-state index contributed by atoms with van der Waals surface area (Å²) in [5.41, 5.74) is 1.44. The minimum absolute atomic E-state index is 0.0691. The number of carbonyl (C=O) groups is 1. The monoisotopic (exact) mass is 545 g/mol. The number of halogens is 2. The zero-order valence-electron chi connectivity index (χ0n) is 20.3. The normalized spacial score (nSPS) is 21.1. The summed E-state index contributed by atoms with van der Waals surface area (Å²) in [4.78, 5) is 17.8. The lowest BCUT2D eigenvalue weighted by Crippen LogP contribution is -2.52. The number of fused-ring (bicyclic) bond motifs is 2. The number of amides is 1. The number of aliphatic hydroxyl groups is 1. The third-order valence-electron chi connectivity index (χ3n) is 7.47. The Balaban J connectivity index is 1.16. The van der Waals surface area contributed by atoms with E-state index in [9.17, 15) is 14.3 Å². The van der Waals surface area contributed by atoms with Gasteiger partial charge in [0, 0.05) is 30.0 Å². The number of carbonyl (C=O) groups excluding carboxylic acids is 1. The van der Waals surface area contributed by atoms with Gasteiger partial charge in [-0.15, -0.1) is 11.3 Å². The lowest BCUT2D eigenvalue weighted by atomic mass is 9.98. The van der Waals surface area contributed by atoms with Crippen molar-refractivity contribution in [3.05, 3.63) is 52.1 Å². The molecule has 7 nitrogen and oxygen atoms in total. The Bertz CT molecular complexity index is 1320. The first-order chi connectivity index (χ1) is 17.9. The molecule has 2 saturated heterocycles. The summed E-state index contributed by atoms with van der Waals surface area (Å²) in [5.74, 6) is -0.518. The molecule has 0 unspecified atom stereocenters. The molecule has 196 valence electrons. The van der Waals surface area contributed by atoms with Crippen LogP contribution in [0.1, 0.15) is 24.5 Å².